The summed E-state index contributed by atoms with van der Waals surface area (Å²) in [4.78, 5) is 0. The van der Waals surface area contributed by atoms with Crippen LogP contribution >= 0.6 is 15.9 Å². The van der Waals surface area contributed by atoms with Gasteiger partial charge in [0.05, 0.1) is 6.10 Å². The molecule has 0 saturated carbocycles. The van der Waals surface area contributed by atoms with Crippen molar-refractivity contribution < 1.29 is 9.84 Å². The number of aromatic hydroxyl groups is 1. The van der Waals surface area contributed by atoms with Crippen LogP contribution in [0.5, 0.6) is 5.75 Å². The number of rotatable bonds is 3. The first-order chi connectivity index (χ1) is 7.66. The van der Waals surface area contributed by atoms with Gasteiger partial charge in [-0.15, -0.1) is 0 Å². The summed E-state index contributed by atoms with van der Waals surface area (Å²) in [5.74, 6) is 0.341. The van der Waals surface area contributed by atoms with Gasteiger partial charge in [-0.05, 0) is 37.5 Å². The molecule has 1 aromatic rings. The van der Waals surface area contributed by atoms with Gasteiger partial charge >= 0.3 is 0 Å². The van der Waals surface area contributed by atoms with Crippen LogP contribution in [0.4, 0.5) is 0 Å². The Morgan fingerprint density at radius 2 is 2.38 bits per heavy atom. The molecule has 1 fully saturated rings. The zero-order valence-electron chi connectivity index (χ0n) is 9.45. The second-order valence-corrected chi connectivity index (χ2v) is 5.17. The van der Waals surface area contributed by atoms with E-state index in [-0.39, 0.29) is 11.5 Å². The molecular weight excluding hydrogens is 268 g/mol. The van der Waals surface area contributed by atoms with Crippen molar-refractivity contribution >= 4 is 15.9 Å². The van der Waals surface area contributed by atoms with Crippen molar-refractivity contribution in [3.05, 3.63) is 29.8 Å². The average molecular weight is 285 g/mol. The zero-order valence-corrected chi connectivity index (χ0v) is 11.0. The minimum atomic E-state index is 0.174. The molecule has 1 aliphatic rings. The van der Waals surface area contributed by atoms with Gasteiger partial charge in [0.25, 0.3) is 0 Å². The van der Waals surface area contributed by atoms with Crippen LogP contribution in [0, 0.1) is 5.41 Å². The van der Waals surface area contributed by atoms with E-state index >= 15 is 0 Å². The molecule has 2 unspecified atom stereocenters. The molecule has 0 bridgehead atoms. The molecule has 0 amide bonds. The highest BCUT2D eigenvalue weighted by molar-refractivity contribution is 9.09. The predicted octanol–water partition coefficient (Wildman–Crippen LogP) is 3.12. The topological polar surface area (TPSA) is 29.5 Å². The van der Waals surface area contributed by atoms with Crippen molar-refractivity contribution in [2.45, 2.75) is 25.9 Å². The van der Waals surface area contributed by atoms with Gasteiger partial charge in [-0.1, -0.05) is 28.1 Å². The lowest BCUT2D eigenvalue weighted by molar-refractivity contribution is 0.0746. The van der Waals surface area contributed by atoms with Crippen molar-refractivity contribution in [2.75, 3.05) is 11.9 Å². The highest BCUT2D eigenvalue weighted by atomic mass is 79.9. The van der Waals surface area contributed by atoms with E-state index in [1.54, 1.807) is 6.07 Å². The summed E-state index contributed by atoms with van der Waals surface area (Å²) in [5, 5.41) is 10.4. The standard InChI is InChI=1S/C13H17BrO2/c1-10-13(9-14,5-6-16-10)8-11-3-2-4-12(15)7-11/h2-4,7,10,15H,5-6,8-9H2,1H3. The molecule has 1 N–H and O–H groups in total. The van der Waals surface area contributed by atoms with Gasteiger partial charge in [-0.2, -0.15) is 0 Å². The average Bonchev–Trinajstić information content (AvgIpc) is 2.61. The smallest absolute Gasteiger partial charge is 0.115 e. The van der Waals surface area contributed by atoms with Crippen molar-refractivity contribution in [1.29, 1.82) is 0 Å². The van der Waals surface area contributed by atoms with Gasteiger partial charge in [0.15, 0.2) is 0 Å². The van der Waals surface area contributed by atoms with Crippen LogP contribution in [0.25, 0.3) is 0 Å². The summed E-state index contributed by atoms with van der Waals surface area (Å²) in [5.41, 5.74) is 1.35. The maximum absolute atomic E-state index is 9.47. The number of benzene rings is 1. The lowest BCUT2D eigenvalue weighted by Gasteiger charge is -2.30. The second-order valence-electron chi connectivity index (χ2n) is 4.61. The Morgan fingerprint density at radius 1 is 1.56 bits per heavy atom. The van der Waals surface area contributed by atoms with Crippen LogP contribution in [0.2, 0.25) is 0 Å². The van der Waals surface area contributed by atoms with Crippen molar-refractivity contribution in [3.63, 3.8) is 0 Å². The lowest BCUT2D eigenvalue weighted by atomic mass is 9.78. The van der Waals surface area contributed by atoms with E-state index in [4.69, 9.17) is 4.74 Å². The monoisotopic (exact) mass is 284 g/mol. The molecule has 88 valence electrons. The Balaban J connectivity index is 2.18. The molecule has 0 aliphatic carbocycles. The van der Waals surface area contributed by atoms with Gasteiger partial charge in [0.2, 0.25) is 0 Å². The first-order valence-electron chi connectivity index (χ1n) is 5.62. The van der Waals surface area contributed by atoms with Crippen molar-refractivity contribution in [3.8, 4) is 5.75 Å². The fourth-order valence-electron chi connectivity index (χ4n) is 2.35. The van der Waals surface area contributed by atoms with Gasteiger partial charge in [-0.25, -0.2) is 0 Å². The number of phenolic OH excluding ortho intramolecular Hbond substituents is 1. The second kappa shape index (κ2) is 4.76. The third-order valence-corrected chi connectivity index (χ3v) is 4.68. The van der Waals surface area contributed by atoms with Crippen LogP contribution in [0.3, 0.4) is 0 Å². The highest BCUT2D eigenvalue weighted by Gasteiger charge is 2.40. The number of halogens is 1. The van der Waals surface area contributed by atoms with E-state index in [1.807, 2.05) is 12.1 Å². The molecule has 16 heavy (non-hydrogen) atoms. The summed E-state index contributed by atoms with van der Waals surface area (Å²) in [6, 6.07) is 7.51. The fourth-order valence-corrected chi connectivity index (χ4v) is 3.28. The van der Waals surface area contributed by atoms with E-state index in [2.05, 4.69) is 28.9 Å². The minimum Gasteiger partial charge on any atom is -0.508 e. The van der Waals surface area contributed by atoms with Crippen molar-refractivity contribution in [1.82, 2.24) is 0 Å². The van der Waals surface area contributed by atoms with Gasteiger partial charge < -0.3 is 9.84 Å². The minimum absolute atomic E-state index is 0.174. The van der Waals surface area contributed by atoms with Crippen LogP contribution in [0.15, 0.2) is 24.3 Å². The van der Waals surface area contributed by atoms with Crippen LogP contribution in [-0.4, -0.2) is 23.1 Å². The highest BCUT2D eigenvalue weighted by Crippen LogP contribution is 2.40. The molecule has 1 aromatic carbocycles. The molecule has 1 heterocycles. The molecule has 0 radical (unpaired) electrons. The van der Waals surface area contributed by atoms with E-state index in [1.165, 1.54) is 5.56 Å². The third-order valence-electron chi connectivity index (χ3n) is 3.56. The number of hydrogen-bond donors (Lipinski definition) is 1. The molecule has 3 heteroatoms. The number of ether oxygens (including phenoxy) is 1. The summed E-state index contributed by atoms with van der Waals surface area (Å²) in [6.45, 7) is 2.97. The Labute approximate surface area is 105 Å². The fraction of sp³-hybridized carbons (Fsp3) is 0.538. The van der Waals surface area contributed by atoms with E-state index in [0.717, 1.165) is 24.8 Å². The SMILES string of the molecule is CC1OCCC1(CBr)Cc1cccc(O)c1. The Kier molecular flexibility index (Phi) is 3.55. The van der Waals surface area contributed by atoms with Crippen LogP contribution in [-0.2, 0) is 11.2 Å². The lowest BCUT2D eigenvalue weighted by Crippen LogP contribution is -2.32. The normalized spacial score (nSPS) is 29.5. The van der Waals surface area contributed by atoms with Gasteiger partial charge in [0.1, 0.15) is 5.75 Å². The molecule has 1 aliphatic heterocycles. The zero-order chi connectivity index (χ0) is 11.6. The van der Waals surface area contributed by atoms with Crippen LogP contribution in [0.1, 0.15) is 18.9 Å². The largest absolute Gasteiger partial charge is 0.508 e. The van der Waals surface area contributed by atoms with Crippen LogP contribution < -0.4 is 0 Å². The molecule has 0 spiro atoms. The molecular formula is C13H17BrO2. The van der Waals surface area contributed by atoms with E-state index < -0.39 is 0 Å². The maximum Gasteiger partial charge on any atom is 0.115 e. The summed E-state index contributed by atoms with van der Waals surface area (Å²) in [7, 11) is 0. The Bertz CT molecular complexity index is 367. The number of phenols is 1. The van der Waals surface area contributed by atoms with Crippen molar-refractivity contribution in [2.24, 2.45) is 5.41 Å². The predicted molar refractivity (Wildman–Crippen MR) is 68.1 cm³/mol. The summed E-state index contributed by atoms with van der Waals surface area (Å²) in [6.07, 6.45) is 2.30. The summed E-state index contributed by atoms with van der Waals surface area (Å²) >= 11 is 3.61. The van der Waals surface area contributed by atoms with E-state index in [0.29, 0.717) is 5.75 Å². The maximum atomic E-state index is 9.47. The first-order valence-corrected chi connectivity index (χ1v) is 6.74. The van der Waals surface area contributed by atoms with Gasteiger partial charge in [-0.3, -0.25) is 0 Å². The first kappa shape index (κ1) is 11.9. The third kappa shape index (κ3) is 2.25. The van der Waals surface area contributed by atoms with Gasteiger partial charge in [0, 0.05) is 17.4 Å². The molecule has 2 rings (SSSR count). The molecule has 2 atom stereocenters. The molecule has 1 saturated heterocycles. The number of hydrogen-bond acceptors (Lipinski definition) is 2. The summed E-state index contributed by atoms with van der Waals surface area (Å²) < 4.78 is 5.67. The number of alkyl halides is 1. The molecule has 2 nitrogen and oxygen atoms in total. The Morgan fingerprint density at radius 3 is 2.94 bits per heavy atom. The Hall–Kier alpha value is -0.540. The van der Waals surface area contributed by atoms with E-state index in [9.17, 15) is 5.11 Å². The quantitative estimate of drug-likeness (QED) is 0.865. The molecule has 0 aromatic heterocycles.